The van der Waals surface area contributed by atoms with Crippen LogP contribution in [0.4, 0.5) is 0 Å². The highest BCUT2D eigenvalue weighted by molar-refractivity contribution is 5.64. The summed E-state index contributed by atoms with van der Waals surface area (Å²) in [7, 11) is 0. The summed E-state index contributed by atoms with van der Waals surface area (Å²) in [6.45, 7) is 9.74. The maximum absolute atomic E-state index is 5.91. The molecule has 0 bridgehead atoms. The SMILES string of the molecule is C=C(C)c1cc(C)n(CCc2ccccc2)c1CN. The molecule has 2 nitrogen and oxygen atoms in total. The van der Waals surface area contributed by atoms with Crippen molar-refractivity contribution in [2.45, 2.75) is 33.4 Å². The minimum Gasteiger partial charge on any atom is -0.347 e. The van der Waals surface area contributed by atoms with Gasteiger partial charge >= 0.3 is 0 Å². The molecule has 0 radical (unpaired) electrons. The number of allylic oxidation sites excluding steroid dienone is 1. The monoisotopic (exact) mass is 254 g/mol. The van der Waals surface area contributed by atoms with Gasteiger partial charge in [-0.3, -0.25) is 0 Å². The molecule has 0 saturated carbocycles. The molecule has 0 atom stereocenters. The summed E-state index contributed by atoms with van der Waals surface area (Å²) in [4.78, 5) is 0. The highest BCUT2D eigenvalue weighted by Crippen LogP contribution is 2.22. The van der Waals surface area contributed by atoms with E-state index in [1.165, 1.54) is 22.5 Å². The Balaban J connectivity index is 2.23. The van der Waals surface area contributed by atoms with Crippen LogP contribution in [0.5, 0.6) is 0 Å². The van der Waals surface area contributed by atoms with Gasteiger partial charge in [-0.2, -0.15) is 0 Å². The fourth-order valence-electron chi connectivity index (χ4n) is 2.51. The fourth-order valence-corrected chi connectivity index (χ4v) is 2.51. The molecule has 19 heavy (non-hydrogen) atoms. The van der Waals surface area contributed by atoms with E-state index in [0.717, 1.165) is 18.5 Å². The van der Waals surface area contributed by atoms with Crippen LogP contribution in [0.1, 0.15) is 29.4 Å². The van der Waals surface area contributed by atoms with E-state index in [2.05, 4.69) is 54.5 Å². The van der Waals surface area contributed by atoms with Gasteiger partial charge in [-0.25, -0.2) is 0 Å². The van der Waals surface area contributed by atoms with Gasteiger partial charge in [0.15, 0.2) is 0 Å². The Kier molecular flexibility index (Phi) is 4.23. The van der Waals surface area contributed by atoms with Crippen LogP contribution in [0.15, 0.2) is 43.0 Å². The second kappa shape index (κ2) is 5.89. The van der Waals surface area contributed by atoms with Gasteiger partial charge in [-0.1, -0.05) is 36.9 Å². The number of benzene rings is 1. The number of hydrogen-bond donors (Lipinski definition) is 1. The summed E-state index contributed by atoms with van der Waals surface area (Å²) >= 11 is 0. The Bertz CT molecular complexity index is 564. The average molecular weight is 254 g/mol. The molecule has 0 unspecified atom stereocenters. The van der Waals surface area contributed by atoms with Crippen LogP contribution in [0.2, 0.25) is 0 Å². The lowest BCUT2D eigenvalue weighted by atomic mass is 10.1. The molecule has 0 saturated heterocycles. The summed E-state index contributed by atoms with van der Waals surface area (Å²) in [5, 5.41) is 0. The predicted octanol–water partition coefficient (Wildman–Crippen LogP) is 3.53. The summed E-state index contributed by atoms with van der Waals surface area (Å²) in [6, 6.07) is 12.7. The third kappa shape index (κ3) is 2.96. The number of aryl methyl sites for hydroxylation is 2. The first-order valence-corrected chi connectivity index (χ1v) is 6.72. The van der Waals surface area contributed by atoms with Gasteiger partial charge in [0.05, 0.1) is 0 Å². The van der Waals surface area contributed by atoms with Gasteiger partial charge in [0.1, 0.15) is 0 Å². The Morgan fingerprint density at radius 1 is 1.26 bits per heavy atom. The third-order valence-corrected chi connectivity index (χ3v) is 3.54. The predicted molar refractivity (Wildman–Crippen MR) is 81.9 cm³/mol. The van der Waals surface area contributed by atoms with Crippen LogP contribution in [0, 0.1) is 6.92 Å². The van der Waals surface area contributed by atoms with E-state index in [4.69, 9.17) is 5.73 Å². The number of nitrogens with two attached hydrogens (primary N) is 1. The van der Waals surface area contributed by atoms with Gasteiger partial charge < -0.3 is 10.3 Å². The van der Waals surface area contributed by atoms with Crippen molar-refractivity contribution in [3.05, 3.63) is 65.5 Å². The molecule has 2 aromatic rings. The molecule has 0 fully saturated rings. The maximum Gasteiger partial charge on any atom is 0.0390 e. The number of nitrogens with zero attached hydrogens (tertiary/aromatic N) is 1. The molecule has 1 aromatic heterocycles. The van der Waals surface area contributed by atoms with Gasteiger partial charge in [-0.15, -0.1) is 0 Å². The summed E-state index contributed by atoms with van der Waals surface area (Å²) < 4.78 is 2.32. The molecule has 0 aliphatic rings. The first-order valence-electron chi connectivity index (χ1n) is 6.72. The zero-order chi connectivity index (χ0) is 13.8. The molecule has 0 spiro atoms. The fraction of sp³-hybridized carbons (Fsp3) is 0.294. The molecule has 1 aromatic carbocycles. The highest BCUT2D eigenvalue weighted by Gasteiger charge is 2.11. The van der Waals surface area contributed by atoms with E-state index in [0.29, 0.717) is 6.54 Å². The highest BCUT2D eigenvalue weighted by atomic mass is 15.0. The average Bonchev–Trinajstić information content (AvgIpc) is 2.74. The standard InChI is InChI=1S/C17H22N2/c1-13(2)16-11-14(3)19(17(16)12-18)10-9-15-7-5-4-6-8-15/h4-8,11H,1,9-10,12,18H2,2-3H3. The summed E-state index contributed by atoms with van der Waals surface area (Å²) in [5.41, 5.74) is 12.0. The van der Waals surface area contributed by atoms with Crippen LogP contribution in [0.25, 0.3) is 5.57 Å². The Morgan fingerprint density at radius 2 is 1.95 bits per heavy atom. The van der Waals surface area contributed by atoms with Crippen LogP contribution < -0.4 is 5.73 Å². The topological polar surface area (TPSA) is 30.9 Å². The molecule has 1 heterocycles. The molecular weight excluding hydrogens is 232 g/mol. The number of hydrogen-bond acceptors (Lipinski definition) is 1. The molecule has 0 aliphatic carbocycles. The van der Waals surface area contributed by atoms with Crippen molar-refractivity contribution < 1.29 is 0 Å². The molecular formula is C17H22N2. The number of aromatic nitrogens is 1. The zero-order valence-electron chi connectivity index (χ0n) is 11.8. The van der Waals surface area contributed by atoms with E-state index in [1.807, 2.05) is 6.92 Å². The molecule has 2 rings (SSSR count). The largest absolute Gasteiger partial charge is 0.347 e. The molecule has 2 N–H and O–H groups in total. The molecule has 0 aliphatic heterocycles. The lowest BCUT2D eigenvalue weighted by molar-refractivity contribution is 0.646. The van der Waals surface area contributed by atoms with Crippen molar-refractivity contribution in [3.63, 3.8) is 0 Å². The van der Waals surface area contributed by atoms with E-state index in [1.54, 1.807) is 0 Å². The van der Waals surface area contributed by atoms with Crippen LogP contribution in [-0.2, 0) is 19.5 Å². The molecule has 100 valence electrons. The second-order valence-electron chi connectivity index (χ2n) is 5.02. The lowest BCUT2D eigenvalue weighted by Crippen LogP contribution is -2.11. The normalized spacial score (nSPS) is 10.7. The van der Waals surface area contributed by atoms with E-state index in [9.17, 15) is 0 Å². The van der Waals surface area contributed by atoms with Gasteiger partial charge in [-0.05, 0) is 43.0 Å². The second-order valence-corrected chi connectivity index (χ2v) is 5.02. The Labute approximate surface area is 115 Å². The smallest absolute Gasteiger partial charge is 0.0390 e. The van der Waals surface area contributed by atoms with Crippen LogP contribution >= 0.6 is 0 Å². The van der Waals surface area contributed by atoms with E-state index >= 15 is 0 Å². The first kappa shape index (κ1) is 13.6. The Morgan fingerprint density at radius 3 is 2.53 bits per heavy atom. The van der Waals surface area contributed by atoms with Gasteiger partial charge in [0.25, 0.3) is 0 Å². The summed E-state index contributed by atoms with van der Waals surface area (Å²) in [5.74, 6) is 0. The summed E-state index contributed by atoms with van der Waals surface area (Å²) in [6.07, 6.45) is 1.03. The maximum atomic E-state index is 5.91. The zero-order valence-corrected chi connectivity index (χ0v) is 11.8. The minimum absolute atomic E-state index is 0.560. The van der Waals surface area contributed by atoms with Crippen molar-refractivity contribution in [1.82, 2.24) is 4.57 Å². The van der Waals surface area contributed by atoms with Crippen molar-refractivity contribution in [1.29, 1.82) is 0 Å². The Hall–Kier alpha value is -1.80. The van der Waals surface area contributed by atoms with Crippen molar-refractivity contribution in [3.8, 4) is 0 Å². The van der Waals surface area contributed by atoms with Crippen LogP contribution in [0.3, 0.4) is 0 Å². The lowest BCUT2D eigenvalue weighted by Gasteiger charge is -2.12. The molecule has 2 heteroatoms. The van der Waals surface area contributed by atoms with Crippen LogP contribution in [-0.4, -0.2) is 4.57 Å². The van der Waals surface area contributed by atoms with Gasteiger partial charge in [0, 0.05) is 24.5 Å². The van der Waals surface area contributed by atoms with Crippen molar-refractivity contribution >= 4 is 5.57 Å². The quantitative estimate of drug-likeness (QED) is 0.869. The molecule has 0 amide bonds. The van der Waals surface area contributed by atoms with Gasteiger partial charge in [0.2, 0.25) is 0 Å². The third-order valence-electron chi connectivity index (χ3n) is 3.54. The first-order chi connectivity index (χ1) is 9.13. The minimum atomic E-state index is 0.560. The van der Waals surface area contributed by atoms with E-state index < -0.39 is 0 Å². The van der Waals surface area contributed by atoms with Crippen molar-refractivity contribution in [2.24, 2.45) is 5.73 Å². The van der Waals surface area contributed by atoms with Crippen molar-refractivity contribution in [2.75, 3.05) is 0 Å². The number of rotatable bonds is 5. The van der Waals surface area contributed by atoms with E-state index in [-0.39, 0.29) is 0 Å².